The minimum absolute atomic E-state index is 0.0518. The lowest BCUT2D eigenvalue weighted by atomic mass is 9.88. The number of piperidine rings is 1. The third-order valence-corrected chi connectivity index (χ3v) is 3.95. The molecule has 10 heteroatoms. The number of aliphatic carboxylic acids is 1. The van der Waals surface area contributed by atoms with Gasteiger partial charge in [0.25, 0.3) is 0 Å². The Morgan fingerprint density at radius 1 is 1.23 bits per heavy atom. The van der Waals surface area contributed by atoms with E-state index in [9.17, 15) is 22.8 Å². The van der Waals surface area contributed by atoms with Gasteiger partial charge in [-0.2, -0.15) is 13.2 Å². The number of carboxylic acid groups (broad SMARTS) is 2. The zero-order valence-corrected chi connectivity index (χ0v) is 11.7. The fourth-order valence-electron chi connectivity index (χ4n) is 2.97. The first-order valence-electron chi connectivity index (χ1n) is 6.78. The predicted molar refractivity (Wildman–Crippen MR) is 66.6 cm³/mol. The molecule has 0 bridgehead atoms. The molecule has 2 fully saturated rings. The molecular weight excluding hydrogens is 309 g/mol. The van der Waals surface area contributed by atoms with E-state index in [2.05, 4.69) is 0 Å². The monoisotopic (exact) mass is 326 g/mol. The van der Waals surface area contributed by atoms with Crippen LogP contribution in [0.25, 0.3) is 0 Å². The molecule has 0 aromatic rings. The Hall–Kier alpha value is -1.55. The smallest absolute Gasteiger partial charge is 0.407 e. The number of amides is 1. The van der Waals surface area contributed by atoms with Gasteiger partial charge in [-0.3, -0.25) is 4.90 Å². The maximum absolute atomic E-state index is 12.6. The number of alkyl halides is 3. The SMILES string of the molecule is O=C(O)C1CN(CC(F)(F)F)CC2(CCN(C(=O)O)CC2)O1. The molecule has 1 atom stereocenters. The molecule has 0 aliphatic carbocycles. The molecule has 2 aliphatic heterocycles. The van der Waals surface area contributed by atoms with Crippen molar-refractivity contribution in [2.75, 3.05) is 32.7 Å². The average Bonchev–Trinajstić information content (AvgIpc) is 2.36. The van der Waals surface area contributed by atoms with Crippen molar-refractivity contribution in [1.29, 1.82) is 0 Å². The van der Waals surface area contributed by atoms with Crippen LogP contribution >= 0.6 is 0 Å². The van der Waals surface area contributed by atoms with Crippen LogP contribution in [0.3, 0.4) is 0 Å². The van der Waals surface area contributed by atoms with E-state index in [0.717, 1.165) is 9.80 Å². The first kappa shape index (κ1) is 16.8. The van der Waals surface area contributed by atoms with Crippen molar-refractivity contribution >= 4 is 12.1 Å². The minimum atomic E-state index is -4.43. The normalized spacial score (nSPS) is 26.1. The van der Waals surface area contributed by atoms with Crippen molar-refractivity contribution in [3.05, 3.63) is 0 Å². The summed E-state index contributed by atoms with van der Waals surface area (Å²) >= 11 is 0. The van der Waals surface area contributed by atoms with Crippen LogP contribution < -0.4 is 0 Å². The van der Waals surface area contributed by atoms with Crippen LogP contribution in [0.5, 0.6) is 0 Å². The summed E-state index contributed by atoms with van der Waals surface area (Å²) in [6, 6.07) is 0. The average molecular weight is 326 g/mol. The number of morpholine rings is 1. The minimum Gasteiger partial charge on any atom is -0.479 e. The summed E-state index contributed by atoms with van der Waals surface area (Å²) in [6.07, 6.45) is -6.52. The molecule has 0 radical (unpaired) electrons. The Balaban J connectivity index is 2.09. The van der Waals surface area contributed by atoms with Crippen LogP contribution in [-0.4, -0.2) is 82.7 Å². The van der Waals surface area contributed by atoms with Crippen molar-refractivity contribution in [3.8, 4) is 0 Å². The third-order valence-electron chi connectivity index (χ3n) is 3.95. The molecule has 1 spiro atoms. The predicted octanol–water partition coefficient (Wildman–Crippen LogP) is 0.847. The number of hydrogen-bond acceptors (Lipinski definition) is 4. The first-order valence-corrected chi connectivity index (χ1v) is 6.78. The quantitative estimate of drug-likeness (QED) is 0.782. The van der Waals surface area contributed by atoms with Gasteiger partial charge in [-0.15, -0.1) is 0 Å². The van der Waals surface area contributed by atoms with Gasteiger partial charge < -0.3 is 19.8 Å². The Morgan fingerprint density at radius 3 is 2.27 bits per heavy atom. The Kier molecular flexibility index (Phi) is 4.52. The highest BCUT2D eigenvalue weighted by atomic mass is 19.4. The summed E-state index contributed by atoms with van der Waals surface area (Å²) in [5, 5.41) is 18.0. The van der Waals surface area contributed by atoms with E-state index >= 15 is 0 Å². The number of ether oxygens (including phenoxy) is 1. The molecule has 0 saturated carbocycles. The number of carbonyl (C=O) groups is 2. The first-order chi connectivity index (χ1) is 10.1. The summed E-state index contributed by atoms with van der Waals surface area (Å²) in [5.41, 5.74) is -1.04. The molecule has 0 aromatic heterocycles. The van der Waals surface area contributed by atoms with Crippen LogP contribution in [0.4, 0.5) is 18.0 Å². The van der Waals surface area contributed by atoms with Gasteiger partial charge in [0.2, 0.25) is 0 Å². The Bertz CT molecular complexity index is 449. The molecule has 2 saturated heterocycles. The summed E-state index contributed by atoms with van der Waals surface area (Å²) in [7, 11) is 0. The van der Waals surface area contributed by atoms with Crippen LogP contribution in [0.2, 0.25) is 0 Å². The number of likely N-dealkylation sites (tertiary alicyclic amines) is 1. The van der Waals surface area contributed by atoms with E-state index in [0.29, 0.717) is 0 Å². The second-order valence-electron chi connectivity index (χ2n) is 5.68. The lowest BCUT2D eigenvalue weighted by molar-refractivity contribution is -0.212. The third kappa shape index (κ3) is 4.01. The molecule has 0 aromatic carbocycles. The van der Waals surface area contributed by atoms with Crippen LogP contribution in [0.15, 0.2) is 0 Å². The highest BCUT2D eigenvalue weighted by Gasteiger charge is 2.47. The number of halogens is 3. The number of nitrogens with zero attached hydrogens (tertiary/aromatic N) is 2. The summed E-state index contributed by atoms with van der Waals surface area (Å²) in [5.74, 6) is -1.31. The Morgan fingerprint density at radius 2 is 1.82 bits per heavy atom. The highest BCUT2D eigenvalue weighted by molar-refractivity contribution is 5.72. The van der Waals surface area contributed by atoms with Gasteiger partial charge >= 0.3 is 18.2 Å². The van der Waals surface area contributed by atoms with Crippen molar-refractivity contribution < 1.29 is 37.7 Å². The summed E-state index contributed by atoms with van der Waals surface area (Å²) in [4.78, 5) is 24.2. The molecule has 2 N–H and O–H groups in total. The topological polar surface area (TPSA) is 90.3 Å². The van der Waals surface area contributed by atoms with E-state index < -0.39 is 36.5 Å². The second kappa shape index (κ2) is 5.92. The molecule has 126 valence electrons. The van der Waals surface area contributed by atoms with Gasteiger partial charge in [0, 0.05) is 26.2 Å². The molecule has 7 nitrogen and oxygen atoms in total. The number of hydrogen-bond donors (Lipinski definition) is 2. The summed E-state index contributed by atoms with van der Waals surface area (Å²) < 4.78 is 43.2. The van der Waals surface area contributed by atoms with Crippen molar-refractivity contribution in [1.82, 2.24) is 9.80 Å². The van der Waals surface area contributed by atoms with Crippen molar-refractivity contribution in [2.45, 2.75) is 30.7 Å². The van der Waals surface area contributed by atoms with Crippen LogP contribution in [0, 0.1) is 0 Å². The van der Waals surface area contributed by atoms with E-state index in [-0.39, 0.29) is 39.0 Å². The van der Waals surface area contributed by atoms with Gasteiger partial charge in [0.05, 0.1) is 12.1 Å². The van der Waals surface area contributed by atoms with Gasteiger partial charge in [-0.1, -0.05) is 0 Å². The van der Waals surface area contributed by atoms with E-state index in [4.69, 9.17) is 14.9 Å². The van der Waals surface area contributed by atoms with Crippen LogP contribution in [0.1, 0.15) is 12.8 Å². The standard InChI is InChI=1S/C12H17F3N2O5/c13-12(14,15)7-16-5-8(9(18)19)22-11(6-16)1-3-17(4-2-11)10(20)21/h8H,1-7H2,(H,18,19)(H,20,21). The molecule has 2 rings (SSSR count). The van der Waals surface area contributed by atoms with Crippen LogP contribution in [-0.2, 0) is 9.53 Å². The molecular formula is C12H17F3N2O5. The molecule has 1 amide bonds. The fraction of sp³-hybridized carbons (Fsp3) is 0.833. The zero-order chi connectivity index (χ0) is 16.5. The number of rotatable bonds is 2. The maximum atomic E-state index is 12.6. The zero-order valence-electron chi connectivity index (χ0n) is 11.7. The van der Waals surface area contributed by atoms with Gasteiger partial charge in [0.1, 0.15) is 0 Å². The lowest BCUT2D eigenvalue weighted by Crippen LogP contribution is -2.62. The summed E-state index contributed by atoms with van der Waals surface area (Å²) in [6.45, 7) is -1.36. The lowest BCUT2D eigenvalue weighted by Gasteiger charge is -2.48. The van der Waals surface area contributed by atoms with Gasteiger partial charge in [-0.05, 0) is 12.8 Å². The van der Waals surface area contributed by atoms with E-state index in [1.807, 2.05) is 0 Å². The maximum Gasteiger partial charge on any atom is 0.407 e. The number of carboxylic acids is 1. The second-order valence-corrected chi connectivity index (χ2v) is 5.68. The van der Waals surface area contributed by atoms with Gasteiger partial charge in [-0.25, -0.2) is 9.59 Å². The van der Waals surface area contributed by atoms with E-state index in [1.54, 1.807) is 0 Å². The Labute approximate surface area is 124 Å². The molecule has 1 unspecified atom stereocenters. The molecule has 2 aliphatic rings. The highest BCUT2D eigenvalue weighted by Crippen LogP contribution is 2.33. The largest absolute Gasteiger partial charge is 0.479 e. The van der Waals surface area contributed by atoms with Crippen molar-refractivity contribution in [2.24, 2.45) is 0 Å². The van der Waals surface area contributed by atoms with Gasteiger partial charge in [0.15, 0.2) is 6.10 Å². The fourth-order valence-corrected chi connectivity index (χ4v) is 2.97. The van der Waals surface area contributed by atoms with E-state index in [1.165, 1.54) is 0 Å². The molecule has 2 heterocycles. The van der Waals surface area contributed by atoms with Crippen molar-refractivity contribution in [3.63, 3.8) is 0 Å². The molecule has 22 heavy (non-hydrogen) atoms.